The minimum Gasteiger partial charge on any atom is -0.255 e. The summed E-state index contributed by atoms with van der Waals surface area (Å²) in [7, 11) is 0. The molecule has 0 aliphatic rings. The molecule has 0 atom stereocenters. The summed E-state index contributed by atoms with van der Waals surface area (Å²) in [4.78, 5) is 3.70. The first kappa shape index (κ1) is 13.8. The molecule has 0 saturated heterocycles. The third kappa shape index (κ3) is 3.23. The monoisotopic (exact) mass is 274 g/mol. The predicted octanol–water partition coefficient (Wildman–Crippen LogP) is 4.16. The fourth-order valence-electron chi connectivity index (χ4n) is 1.60. The number of nitriles is 1. The number of rotatable bonds is 2. The third-order valence-corrected chi connectivity index (χ3v) is 2.60. The molecule has 5 heteroatoms. The molecule has 1 aromatic heterocycles. The Morgan fingerprint density at radius 1 is 1.10 bits per heavy atom. The van der Waals surface area contributed by atoms with Crippen LogP contribution < -0.4 is 0 Å². The molecule has 0 aliphatic carbocycles. The Bertz CT molecular complexity index is 650. The van der Waals surface area contributed by atoms with Crippen LogP contribution in [0.1, 0.15) is 16.8 Å². The lowest BCUT2D eigenvalue weighted by Gasteiger charge is -2.06. The van der Waals surface area contributed by atoms with Gasteiger partial charge in [0.05, 0.1) is 16.8 Å². The lowest BCUT2D eigenvalue weighted by molar-refractivity contribution is -0.137. The molecular formula is C15H9F3N2. The molecule has 0 radical (unpaired) electrons. The maximum absolute atomic E-state index is 12.4. The Balaban J connectivity index is 2.34. The first-order valence-electron chi connectivity index (χ1n) is 5.71. The predicted molar refractivity (Wildman–Crippen MR) is 69.2 cm³/mol. The van der Waals surface area contributed by atoms with Crippen molar-refractivity contribution in [2.24, 2.45) is 0 Å². The fraction of sp³-hybridized carbons (Fsp3) is 0.0667. The van der Waals surface area contributed by atoms with Crippen molar-refractivity contribution in [3.05, 3.63) is 65.5 Å². The minimum absolute atomic E-state index is 0.212. The van der Waals surface area contributed by atoms with Gasteiger partial charge < -0.3 is 0 Å². The van der Waals surface area contributed by atoms with Gasteiger partial charge in [-0.05, 0) is 23.8 Å². The van der Waals surface area contributed by atoms with Gasteiger partial charge in [0.2, 0.25) is 0 Å². The van der Waals surface area contributed by atoms with E-state index in [4.69, 9.17) is 5.26 Å². The van der Waals surface area contributed by atoms with Crippen LogP contribution in [0.3, 0.4) is 0 Å². The molecule has 1 aromatic carbocycles. The Hall–Kier alpha value is -2.61. The average Bonchev–Trinajstić information content (AvgIpc) is 2.45. The van der Waals surface area contributed by atoms with Gasteiger partial charge in [-0.15, -0.1) is 0 Å². The highest BCUT2D eigenvalue weighted by Gasteiger charge is 2.30. The first-order valence-corrected chi connectivity index (χ1v) is 5.71. The second-order valence-electron chi connectivity index (χ2n) is 4.01. The van der Waals surface area contributed by atoms with Gasteiger partial charge in [-0.3, -0.25) is 4.98 Å². The molecule has 2 nitrogen and oxygen atoms in total. The number of allylic oxidation sites excluding steroid dienone is 1. The van der Waals surface area contributed by atoms with Gasteiger partial charge in [0.15, 0.2) is 0 Å². The molecule has 100 valence electrons. The molecule has 2 aromatic rings. The highest BCUT2D eigenvalue weighted by atomic mass is 19.4. The van der Waals surface area contributed by atoms with E-state index in [1.54, 1.807) is 30.3 Å². The maximum Gasteiger partial charge on any atom is 0.417 e. The van der Waals surface area contributed by atoms with Gasteiger partial charge in [0.25, 0.3) is 0 Å². The topological polar surface area (TPSA) is 36.7 Å². The third-order valence-electron chi connectivity index (χ3n) is 2.60. The van der Waals surface area contributed by atoms with Crippen LogP contribution in [0.25, 0.3) is 11.6 Å². The van der Waals surface area contributed by atoms with E-state index < -0.39 is 11.7 Å². The van der Waals surface area contributed by atoms with E-state index in [1.807, 2.05) is 12.1 Å². The van der Waals surface area contributed by atoms with E-state index in [-0.39, 0.29) is 11.3 Å². The Kier molecular flexibility index (Phi) is 3.85. The summed E-state index contributed by atoms with van der Waals surface area (Å²) in [6.45, 7) is 0. The quantitative estimate of drug-likeness (QED) is 0.771. The van der Waals surface area contributed by atoms with Gasteiger partial charge in [0, 0.05) is 6.20 Å². The van der Waals surface area contributed by atoms with E-state index in [9.17, 15) is 13.2 Å². The molecule has 0 N–H and O–H groups in total. The lowest BCUT2D eigenvalue weighted by Crippen LogP contribution is -2.05. The van der Waals surface area contributed by atoms with Crippen LogP contribution in [0.5, 0.6) is 0 Å². The van der Waals surface area contributed by atoms with Gasteiger partial charge in [-0.2, -0.15) is 18.4 Å². The van der Waals surface area contributed by atoms with Crippen molar-refractivity contribution in [3.63, 3.8) is 0 Å². The molecule has 0 spiro atoms. The number of alkyl halides is 3. The molecule has 0 saturated carbocycles. The van der Waals surface area contributed by atoms with Crippen LogP contribution in [0, 0.1) is 11.3 Å². The molecule has 0 aliphatic heterocycles. The van der Waals surface area contributed by atoms with Crippen LogP contribution in [0.15, 0.2) is 48.7 Å². The zero-order valence-corrected chi connectivity index (χ0v) is 10.2. The second kappa shape index (κ2) is 5.57. The highest BCUT2D eigenvalue weighted by molar-refractivity contribution is 5.88. The van der Waals surface area contributed by atoms with Gasteiger partial charge in [-0.25, -0.2) is 0 Å². The van der Waals surface area contributed by atoms with Gasteiger partial charge in [0.1, 0.15) is 6.07 Å². The summed E-state index contributed by atoms with van der Waals surface area (Å²) in [6, 6.07) is 13.1. The number of pyridine rings is 1. The molecule has 2 rings (SSSR count). The molecule has 0 bridgehead atoms. The summed E-state index contributed by atoms with van der Waals surface area (Å²) in [5.74, 6) is 0. The number of hydrogen-bond acceptors (Lipinski definition) is 2. The number of halogens is 3. The molecule has 1 heterocycles. The van der Waals surface area contributed by atoms with Crippen LogP contribution in [0.2, 0.25) is 0 Å². The van der Waals surface area contributed by atoms with Crippen molar-refractivity contribution in [2.45, 2.75) is 6.18 Å². The normalized spacial score (nSPS) is 12.0. The molecule has 0 amide bonds. The van der Waals surface area contributed by atoms with Crippen molar-refractivity contribution in [1.29, 1.82) is 5.26 Å². The van der Waals surface area contributed by atoms with E-state index in [0.29, 0.717) is 0 Å². The van der Waals surface area contributed by atoms with Crippen LogP contribution in [-0.4, -0.2) is 4.98 Å². The minimum atomic E-state index is -4.43. The summed E-state index contributed by atoms with van der Waals surface area (Å²) in [5.41, 5.74) is 0.373. The van der Waals surface area contributed by atoms with E-state index in [1.165, 1.54) is 6.07 Å². The van der Waals surface area contributed by atoms with E-state index >= 15 is 0 Å². The molecule has 20 heavy (non-hydrogen) atoms. The SMILES string of the molecule is N#C/C(=C/c1ccccc1)c1ccc(C(F)(F)F)cn1. The Morgan fingerprint density at radius 3 is 2.30 bits per heavy atom. The standard InChI is InChI=1S/C15H9F3N2/c16-15(17,18)13-6-7-14(20-10-13)12(9-19)8-11-4-2-1-3-5-11/h1-8,10H/b12-8-. The van der Waals surface area contributed by atoms with Gasteiger partial charge >= 0.3 is 6.18 Å². The lowest BCUT2D eigenvalue weighted by atomic mass is 10.1. The number of hydrogen-bond donors (Lipinski definition) is 0. The smallest absolute Gasteiger partial charge is 0.255 e. The van der Waals surface area contributed by atoms with Crippen molar-refractivity contribution in [3.8, 4) is 6.07 Å². The summed E-state index contributed by atoms with van der Waals surface area (Å²) in [5, 5.41) is 9.09. The number of benzene rings is 1. The van der Waals surface area contributed by atoms with Gasteiger partial charge in [-0.1, -0.05) is 30.3 Å². The summed E-state index contributed by atoms with van der Waals surface area (Å²) < 4.78 is 37.3. The highest BCUT2D eigenvalue weighted by Crippen LogP contribution is 2.29. The van der Waals surface area contributed by atoms with Crippen molar-refractivity contribution >= 4 is 11.6 Å². The van der Waals surface area contributed by atoms with Crippen molar-refractivity contribution in [2.75, 3.05) is 0 Å². The molecule has 0 unspecified atom stereocenters. The average molecular weight is 274 g/mol. The maximum atomic E-state index is 12.4. The van der Waals surface area contributed by atoms with E-state index in [2.05, 4.69) is 4.98 Å². The number of aromatic nitrogens is 1. The van der Waals surface area contributed by atoms with Crippen LogP contribution in [0.4, 0.5) is 13.2 Å². The van der Waals surface area contributed by atoms with Crippen LogP contribution >= 0.6 is 0 Å². The van der Waals surface area contributed by atoms with Crippen molar-refractivity contribution in [1.82, 2.24) is 4.98 Å². The first-order chi connectivity index (χ1) is 9.50. The number of nitrogens with zero attached hydrogens (tertiary/aromatic N) is 2. The van der Waals surface area contributed by atoms with Crippen LogP contribution in [-0.2, 0) is 6.18 Å². The van der Waals surface area contributed by atoms with Crippen molar-refractivity contribution < 1.29 is 13.2 Å². The molecule has 0 fully saturated rings. The Labute approximate surface area is 113 Å². The fourth-order valence-corrected chi connectivity index (χ4v) is 1.60. The largest absolute Gasteiger partial charge is 0.417 e. The zero-order valence-electron chi connectivity index (χ0n) is 10.2. The summed E-state index contributed by atoms with van der Waals surface area (Å²) >= 11 is 0. The second-order valence-corrected chi connectivity index (χ2v) is 4.01. The van der Waals surface area contributed by atoms with E-state index in [0.717, 1.165) is 17.8 Å². The Morgan fingerprint density at radius 2 is 1.80 bits per heavy atom. The molecular weight excluding hydrogens is 265 g/mol. The zero-order chi connectivity index (χ0) is 14.6. The summed E-state index contributed by atoms with van der Waals surface area (Å²) in [6.07, 6.45) is -2.12.